The average molecular weight is 478 g/mol. The van der Waals surface area contributed by atoms with Gasteiger partial charge in [-0.15, -0.1) is 0 Å². The van der Waals surface area contributed by atoms with Gasteiger partial charge in [0, 0.05) is 32.5 Å². The number of carbonyl (C=O) groups excluding carboxylic acids is 1. The Hall–Kier alpha value is -3.22. The van der Waals surface area contributed by atoms with Crippen LogP contribution in [0.1, 0.15) is 31.4 Å². The van der Waals surface area contributed by atoms with E-state index in [4.69, 9.17) is 4.74 Å². The SMILES string of the molecule is C=C(/N=C\C(=C/C)C(=O)OCC)N(CCCc1ccc(-c2cccc(CCO)c2)cc1)CCNC. The van der Waals surface area contributed by atoms with Gasteiger partial charge in [-0.3, -0.25) is 0 Å². The molecule has 0 bridgehead atoms. The van der Waals surface area contributed by atoms with Crippen molar-refractivity contribution >= 4 is 12.2 Å². The largest absolute Gasteiger partial charge is 0.462 e. The number of nitrogens with one attached hydrogen (secondary N) is 1. The average Bonchev–Trinajstić information content (AvgIpc) is 2.87. The van der Waals surface area contributed by atoms with Gasteiger partial charge in [0.25, 0.3) is 0 Å². The third-order valence-corrected chi connectivity index (χ3v) is 5.68. The molecule has 6 nitrogen and oxygen atoms in total. The standard InChI is InChI=1S/C29H39N3O3/c1-5-26(29(34)35-6-2)22-31-23(3)32(19-17-30-4)18-8-10-24-12-14-27(15-13-24)28-11-7-9-25(21-28)16-20-33/h5,7,9,11-15,21-22,30,33H,3,6,8,10,16-20H2,1-2,4H3/b26-5+,31-22-. The molecule has 0 unspecified atom stereocenters. The van der Waals surface area contributed by atoms with E-state index in [1.807, 2.05) is 19.2 Å². The minimum Gasteiger partial charge on any atom is -0.462 e. The molecule has 0 spiro atoms. The molecule has 0 saturated heterocycles. The van der Waals surface area contributed by atoms with Gasteiger partial charge in [-0.25, -0.2) is 9.79 Å². The molecule has 0 aliphatic rings. The van der Waals surface area contributed by atoms with E-state index in [9.17, 15) is 9.90 Å². The van der Waals surface area contributed by atoms with Crippen LogP contribution >= 0.6 is 0 Å². The van der Waals surface area contributed by atoms with Crippen LogP contribution in [-0.2, 0) is 22.4 Å². The van der Waals surface area contributed by atoms with Crippen LogP contribution in [0.2, 0.25) is 0 Å². The van der Waals surface area contributed by atoms with Gasteiger partial charge in [-0.05, 0) is 62.4 Å². The maximum Gasteiger partial charge on any atom is 0.339 e. The lowest BCUT2D eigenvalue weighted by Crippen LogP contribution is -2.30. The number of hydrogen-bond donors (Lipinski definition) is 2. The molecule has 0 aliphatic carbocycles. The number of rotatable bonds is 15. The zero-order valence-corrected chi connectivity index (χ0v) is 21.3. The predicted octanol–water partition coefficient (Wildman–Crippen LogP) is 4.39. The van der Waals surface area contributed by atoms with Gasteiger partial charge in [0.05, 0.1) is 12.2 Å². The zero-order chi connectivity index (χ0) is 25.5. The van der Waals surface area contributed by atoms with Crippen LogP contribution in [0.4, 0.5) is 0 Å². The Labute approximate surface area is 210 Å². The molecule has 2 aromatic carbocycles. The van der Waals surface area contributed by atoms with Crippen molar-refractivity contribution in [3.8, 4) is 11.1 Å². The van der Waals surface area contributed by atoms with Gasteiger partial charge < -0.3 is 20.1 Å². The van der Waals surface area contributed by atoms with Crippen molar-refractivity contribution in [2.24, 2.45) is 4.99 Å². The van der Waals surface area contributed by atoms with Crippen LogP contribution < -0.4 is 5.32 Å². The molecule has 0 atom stereocenters. The molecular weight excluding hydrogens is 438 g/mol. The van der Waals surface area contributed by atoms with Gasteiger partial charge in [0.15, 0.2) is 0 Å². The first-order valence-corrected chi connectivity index (χ1v) is 12.3. The number of aliphatic hydroxyl groups is 1. The van der Waals surface area contributed by atoms with Gasteiger partial charge in [0.2, 0.25) is 0 Å². The topological polar surface area (TPSA) is 74.2 Å². The van der Waals surface area contributed by atoms with Crippen LogP contribution in [0.5, 0.6) is 0 Å². The normalized spacial score (nSPS) is 11.6. The fraction of sp³-hybridized carbons (Fsp3) is 0.379. The maximum atomic E-state index is 12.0. The van der Waals surface area contributed by atoms with Gasteiger partial charge in [0.1, 0.15) is 5.82 Å². The summed E-state index contributed by atoms with van der Waals surface area (Å²) in [6.45, 7) is 10.6. The second kappa shape index (κ2) is 15.6. The number of aliphatic hydroxyl groups excluding tert-OH is 1. The van der Waals surface area contributed by atoms with Crippen LogP contribution in [0, 0.1) is 0 Å². The fourth-order valence-electron chi connectivity index (χ4n) is 3.68. The molecule has 188 valence electrons. The van der Waals surface area contributed by atoms with Crippen LogP contribution in [0.3, 0.4) is 0 Å². The lowest BCUT2D eigenvalue weighted by atomic mass is 9.99. The molecule has 0 heterocycles. The number of allylic oxidation sites excluding steroid dienone is 1. The zero-order valence-electron chi connectivity index (χ0n) is 21.3. The van der Waals surface area contributed by atoms with Crippen molar-refractivity contribution in [1.82, 2.24) is 10.2 Å². The van der Waals surface area contributed by atoms with Crippen LogP contribution in [-0.4, -0.2) is 62.1 Å². The summed E-state index contributed by atoms with van der Waals surface area (Å²) in [5, 5.41) is 12.4. The van der Waals surface area contributed by atoms with Gasteiger partial charge >= 0.3 is 5.97 Å². The van der Waals surface area contributed by atoms with Crippen molar-refractivity contribution in [2.75, 3.05) is 39.9 Å². The van der Waals surface area contributed by atoms with E-state index >= 15 is 0 Å². The molecule has 2 aromatic rings. The second-order valence-electron chi connectivity index (χ2n) is 8.20. The highest BCUT2D eigenvalue weighted by Crippen LogP contribution is 2.22. The van der Waals surface area contributed by atoms with E-state index in [2.05, 4.69) is 58.2 Å². The minimum atomic E-state index is -0.378. The van der Waals surface area contributed by atoms with Crippen LogP contribution in [0.15, 0.2) is 77.6 Å². The van der Waals surface area contributed by atoms with E-state index in [0.717, 1.165) is 38.0 Å². The highest BCUT2D eigenvalue weighted by Gasteiger charge is 2.10. The summed E-state index contributed by atoms with van der Waals surface area (Å²) in [5.41, 5.74) is 5.18. The van der Waals surface area contributed by atoms with Crippen molar-refractivity contribution in [1.29, 1.82) is 0 Å². The summed E-state index contributed by atoms with van der Waals surface area (Å²) < 4.78 is 5.06. The maximum absolute atomic E-state index is 12.0. The Morgan fingerprint density at radius 3 is 2.54 bits per heavy atom. The number of ether oxygens (including phenoxy) is 1. The number of likely N-dealkylation sites (N-methyl/N-ethyl adjacent to an activating group) is 1. The Bertz CT molecular complexity index is 996. The Kier molecular flexibility index (Phi) is 12.5. The highest BCUT2D eigenvalue weighted by atomic mass is 16.5. The molecule has 0 amide bonds. The number of aryl methyl sites for hydroxylation is 1. The van der Waals surface area contributed by atoms with E-state index in [1.54, 1.807) is 19.9 Å². The molecule has 0 radical (unpaired) electrons. The third-order valence-electron chi connectivity index (χ3n) is 5.68. The fourth-order valence-corrected chi connectivity index (χ4v) is 3.68. The highest BCUT2D eigenvalue weighted by molar-refractivity contribution is 6.09. The molecular formula is C29H39N3O3. The number of benzene rings is 2. The molecule has 2 N–H and O–H groups in total. The number of hydrogen-bond acceptors (Lipinski definition) is 6. The number of aliphatic imine (C=N–C) groups is 1. The first-order valence-electron chi connectivity index (χ1n) is 12.3. The van der Waals surface area contributed by atoms with E-state index < -0.39 is 0 Å². The molecule has 0 aromatic heterocycles. The van der Waals surface area contributed by atoms with Crippen molar-refractivity contribution in [2.45, 2.75) is 33.1 Å². The monoisotopic (exact) mass is 477 g/mol. The molecule has 0 fully saturated rings. The van der Waals surface area contributed by atoms with Gasteiger partial charge in [-0.1, -0.05) is 61.2 Å². The van der Waals surface area contributed by atoms with E-state index in [-0.39, 0.29) is 12.6 Å². The summed E-state index contributed by atoms with van der Waals surface area (Å²) >= 11 is 0. The second-order valence-corrected chi connectivity index (χ2v) is 8.20. The number of nitrogens with zero attached hydrogens (tertiary/aromatic N) is 2. The summed E-state index contributed by atoms with van der Waals surface area (Å²) in [6, 6.07) is 17.0. The molecule has 0 saturated carbocycles. The lowest BCUT2D eigenvalue weighted by molar-refractivity contribution is -0.137. The predicted molar refractivity (Wildman–Crippen MR) is 145 cm³/mol. The van der Waals surface area contributed by atoms with Crippen molar-refractivity contribution in [3.63, 3.8) is 0 Å². The smallest absolute Gasteiger partial charge is 0.339 e. The first kappa shape index (κ1) is 28.0. The lowest BCUT2D eigenvalue weighted by Gasteiger charge is -2.24. The van der Waals surface area contributed by atoms with E-state index in [1.165, 1.54) is 22.9 Å². The summed E-state index contributed by atoms with van der Waals surface area (Å²) in [5.74, 6) is 0.249. The summed E-state index contributed by atoms with van der Waals surface area (Å²) in [7, 11) is 1.92. The summed E-state index contributed by atoms with van der Waals surface area (Å²) in [4.78, 5) is 18.5. The van der Waals surface area contributed by atoms with E-state index in [0.29, 0.717) is 24.4 Å². The van der Waals surface area contributed by atoms with Gasteiger partial charge in [-0.2, -0.15) is 0 Å². The number of esters is 1. The Balaban J connectivity index is 1.96. The molecule has 0 aliphatic heterocycles. The number of carbonyl (C=O) groups is 1. The quantitative estimate of drug-likeness (QED) is 0.226. The molecule has 6 heteroatoms. The first-order chi connectivity index (χ1) is 17.0. The Morgan fingerprint density at radius 1 is 1.11 bits per heavy atom. The third kappa shape index (κ3) is 9.51. The van der Waals surface area contributed by atoms with Crippen LogP contribution in [0.25, 0.3) is 11.1 Å². The summed E-state index contributed by atoms with van der Waals surface area (Å²) in [6.07, 6.45) is 5.79. The van der Waals surface area contributed by atoms with Crippen molar-refractivity contribution in [3.05, 3.63) is 83.7 Å². The minimum absolute atomic E-state index is 0.160. The molecule has 2 rings (SSSR count). The van der Waals surface area contributed by atoms with Crippen molar-refractivity contribution < 1.29 is 14.6 Å². The molecule has 35 heavy (non-hydrogen) atoms. The Morgan fingerprint density at radius 2 is 1.89 bits per heavy atom.